The molecule has 0 aliphatic carbocycles. The summed E-state index contributed by atoms with van der Waals surface area (Å²) in [7, 11) is 6.55. The number of halogens is 2. The molecule has 0 bridgehead atoms. The molecule has 0 radical (unpaired) electrons. The summed E-state index contributed by atoms with van der Waals surface area (Å²) in [4.78, 5) is 4.04. The van der Waals surface area contributed by atoms with Gasteiger partial charge in [0.25, 0.3) is 0 Å². The maximum absolute atomic E-state index is 5.43. The van der Waals surface area contributed by atoms with Crippen LogP contribution >= 0.6 is 37.6 Å². The summed E-state index contributed by atoms with van der Waals surface area (Å²) < 4.78 is 0.813. The van der Waals surface area contributed by atoms with Gasteiger partial charge in [-0.2, -0.15) is 0 Å². The first-order valence-corrected chi connectivity index (χ1v) is 4.67. The molecule has 0 saturated heterocycles. The van der Waals surface area contributed by atoms with Crippen molar-refractivity contribution in [3.8, 4) is 0 Å². The first-order chi connectivity index (χ1) is 4.33. The molecule has 1 aromatic rings. The molecule has 0 saturated carbocycles. The fourth-order valence-electron chi connectivity index (χ4n) is 0.433. The highest BCUT2D eigenvalue weighted by Crippen LogP contribution is 2.20. The molecule has 0 fully saturated rings. The Morgan fingerprint density at radius 2 is 2.33 bits per heavy atom. The molecule has 1 rings (SSSR count). The minimum Gasteiger partial charge on any atom is -0.233 e. The van der Waals surface area contributed by atoms with Crippen LogP contribution in [0.25, 0.3) is 0 Å². The van der Waals surface area contributed by atoms with Gasteiger partial charge in [0.15, 0.2) is 0 Å². The van der Waals surface area contributed by atoms with Crippen molar-refractivity contribution in [1.29, 1.82) is 0 Å². The van der Waals surface area contributed by atoms with Crippen LogP contribution in [0.15, 0.2) is 27.8 Å². The van der Waals surface area contributed by atoms with Crippen LogP contribution < -0.4 is 0 Å². The second-order valence-electron chi connectivity index (χ2n) is 1.38. The maximum atomic E-state index is 5.43. The van der Waals surface area contributed by atoms with Gasteiger partial charge in [-0.05, 0) is 38.7 Å². The van der Waals surface area contributed by atoms with E-state index in [4.69, 9.17) is 10.7 Å². The molecule has 9 heavy (non-hydrogen) atoms. The fraction of sp³-hybridized carbons (Fsp3) is 0. The van der Waals surface area contributed by atoms with Crippen molar-refractivity contribution < 1.29 is 0 Å². The zero-order chi connectivity index (χ0) is 6.69. The highest BCUT2D eigenvalue weighted by atomic mass is 79.9. The highest BCUT2D eigenvalue weighted by Gasteiger charge is 1.91. The van der Waals surface area contributed by atoms with Gasteiger partial charge in [-0.1, -0.05) is 6.07 Å². The standard InChI is InChI=1S/C5H3BrClNS/c6-4-2-1-3-5(8-4)9-7/h1-3H. The van der Waals surface area contributed by atoms with Crippen molar-refractivity contribution in [3.63, 3.8) is 0 Å². The smallest absolute Gasteiger partial charge is 0.113 e. The fourth-order valence-corrected chi connectivity index (χ4v) is 1.41. The van der Waals surface area contributed by atoms with E-state index in [0.29, 0.717) is 0 Å². The Balaban J connectivity index is 2.94. The minimum atomic E-state index is 0.811. The largest absolute Gasteiger partial charge is 0.233 e. The molecular weight excluding hydrogens is 221 g/mol. The van der Waals surface area contributed by atoms with Gasteiger partial charge in [0, 0.05) is 11.0 Å². The van der Waals surface area contributed by atoms with E-state index in [2.05, 4.69) is 20.9 Å². The summed E-state index contributed by atoms with van der Waals surface area (Å²) in [6, 6.07) is 5.60. The molecule has 0 aromatic carbocycles. The molecule has 4 heteroatoms. The number of aromatic nitrogens is 1. The minimum absolute atomic E-state index is 0.811. The molecule has 0 aliphatic rings. The van der Waals surface area contributed by atoms with Crippen LogP contribution in [0.4, 0.5) is 0 Å². The summed E-state index contributed by atoms with van der Waals surface area (Å²) >= 11 is 3.22. The van der Waals surface area contributed by atoms with Gasteiger partial charge in [0.1, 0.15) is 9.63 Å². The van der Waals surface area contributed by atoms with Gasteiger partial charge in [0.05, 0.1) is 0 Å². The molecule has 0 atom stereocenters. The molecule has 1 aromatic heterocycles. The Labute approximate surface area is 70.4 Å². The lowest BCUT2D eigenvalue weighted by Gasteiger charge is -1.90. The van der Waals surface area contributed by atoms with Gasteiger partial charge in [-0.15, -0.1) is 0 Å². The molecule has 0 spiro atoms. The van der Waals surface area contributed by atoms with E-state index in [9.17, 15) is 0 Å². The lowest BCUT2D eigenvalue weighted by Crippen LogP contribution is -1.74. The van der Waals surface area contributed by atoms with Gasteiger partial charge in [-0.3, -0.25) is 0 Å². The average molecular weight is 225 g/mol. The summed E-state index contributed by atoms with van der Waals surface area (Å²) in [5, 5.41) is 0.811. The second kappa shape index (κ2) is 3.44. The van der Waals surface area contributed by atoms with Crippen molar-refractivity contribution in [2.24, 2.45) is 0 Å². The van der Waals surface area contributed by atoms with Crippen LogP contribution in [0.1, 0.15) is 0 Å². The van der Waals surface area contributed by atoms with E-state index in [1.165, 1.54) is 0 Å². The molecule has 1 nitrogen and oxygen atoms in total. The number of rotatable bonds is 1. The van der Waals surface area contributed by atoms with Gasteiger partial charge in [0.2, 0.25) is 0 Å². The zero-order valence-corrected chi connectivity index (χ0v) is 7.50. The lowest BCUT2D eigenvalue weighted by atomic mass is 10.5. The molecule has 0 N–H and O–H groups in total. The lowest BCUT2D eigenvalue weighted by molar-refractivity contribution is 1.11. The van der Waals surface area contributed by atoms with Crippen LogP contribution in [-0.4, -0.2) is 4.98 Å². The third-order valence-corrected chi connectivity index (χ3v) is 2.07. The van der Waals surface area contributed by atoms with E-state index < -0.39 is 0 Å². The van der Waals surface area contributed by atoms with E-state index in [1.54, 1.807) is 0 Å². The zero-order valence-electron chi connectivity index (χ0n) is 4.34. The van der Waals surface area contributed by atoms with Crippen molar-refractivity contribution in [2.45, 2.75) is 5.03 Å². The van der Waals surface area contributed by atoms with Gasteiger partial charge >= 0.3 is 0 Å². The highest BCUT2D eigenvalue weighted by molar-refractivity contribution is 9.10. The summed E-state index contributed by atoms with van der Waals surface area (Å²) in [6.07, 6.45) is 0. The second-order valence-corrected chi connectivity index (χ2v) is 3.22. The Bertz CT molecular complexity index is 206. The van der Waals surface area contributed by atoms with Crippen LogP contribution in [0, 0.1) is 0 Å². The molecule has 48 valence electrons. The number of hydrogen-bond acceptors (Lipinski definition) is 2. The van der Waals surface area contributed by atoms with Crippen LogP contribution in [0.2, 0.25) is 0 Å². The van der Waals surface area contributed by atoms with E-state index >= 15 is 0 Å². The van der Waals surface area contributed by atoms with E-state index in [-0.39, 0.29) is 0 Å². The Kier molecular flexibility index (Phi) is 2.82. The summed E-state index contributed by atoms with van der Waals surface area (Å²) in [5.74, 6) is 0. The van der Waals surface area contributed by atoms with Crippen molar-refractivity contribution in [2.75, 3.05) is 0 Å². The predicted molar refractivity (Wildman–Crippen MR) is 43.6 cm³/mol. The molecule has 0 unspecified atom stereocenters. The molecule has 0 amide bonds. The number of hydrogen-bond donors (Lipinski definition) is 0. The van der Waals surface area contributed by atoms with Gasteiger partial charge < -0.3 is 0 Å². The Hall–Kier alpha value is 0.270. The van der Waals surface area contributed by atoms with Gasteiger partial charge in [-0.25, -0.2) is 4.98 Å². The third-order valence-electron chi connectivity index (χ3n) is 0.769. The first kappa shape index (κ1) is 7.38. The van der Waals surface area contributed by atoms with Crippen molar-refractivity contribution in [1.82, 2.24) is 4.98 Å². The predicted octanol–water partition coefficient (Wildman–Crippen LogP) is 3.09. The molecule has 0 aliphatic heterocycles. The SMILES string of the molecule is ClSc1cccc(Br)n1. The topological polar surface area (TPSA) is 12.9 Å². The van der Waals surface area contributed by atoms with E-state index in [0.717, 1.165) is 20.6 Å². The number of nitrogens with zero attached hydrogens (tertiary/aromatic N) is 1. The summed E-state index contributed by atoms with van der Waals surface area (Å²) in [5.41, 5.74) is 0. The average Bonchev–Trinajstić information content (AvgIpc) is 1.88. The normalized spacial score (nSPS) is 9.56. The van der Waals surface area contributed by atoms with Crippen molar-refractivity contribution >= 4 is 37.6 Å². The quantitative estimate of drug-likeness (QED) is 0.680. The molecule has 1 heterocycles. The Morgan fingerprint density at radius 3 is 2.78 bits per heavy atom. The van der Waals surface area contributed by atoms with Crippen LogP contribution in [0.5, 0.6) is 0 Å². The third kappa shape index (κ3) is 2.16. The van der Waals surface area contributed by atoms with Crippen LogP contribution in [-0.2, 0) is 0 Å². The van der Waals surface area contributed by atoms with Crippen LogP contribution in [0.3, 0.4) is 0 Å². The maximum Gasteiger partial charge on any atom is 0.113 e. The number of pyridine rings is 1. The van der Waals surface area contributed by atoms with Crippen molar-refractivity contribution in [3.05, 3.63) is 22.8 Å². The Morgan fingerprint density at radius 1 is 1.56 bits per heavy atom. The monoisotopic (exact) mass is 223 g/mol. The first-order valence-electron chi connectivity index (χ1n) is 2.24. The van der Waals surface area contributed by atoms with E-state index in [1.807, 2.05) is 18.2 Å². The molecular formula is C5H3BrClNS. The summed E-state index contributed by atoms with van der Waals surface area (Å²) in [6.45, 7) is 0.